The standard InChI is InChI=1S/C15H15ClN2O/c16-12-7-13-5-6-14(8-12)18(13)15(19)11-3-1-10(9-17)2-4-11/h1-4,12-14H,5-8H2. The molecule has 2 bridgehead atoms. The molecule has 2 aliphatic rings. The number of carbonyl (C=O) groups is 1. The number of nitrogens with zero attached hydrogens (tertiary/aromatic N) is 2. The van der Waals surface area contributed by atoms with Crippen molar-refractivity contribution in [3.05, 3.63) is 35.4 Å². The first-order valence-electron chi connectivity index (χ1n) is 6.66. The zero-order valence-corrected chi connectivity index (χ0v) is 11.3. The topological polar surface area (TPSA) is 44.1 Å². The van der Waals surface area contributed by atoms with Gasteiger partial charge in [0.2, 0.25) is 0 Å². The first kappa shape index (κ1) is 12.5. The Bertz CT molecular complexity index is 520. The molecule has 0 N–H and O–H groups in total. The van der Waals surface area contributed by atoms with Crippen molar-refractivity contribution in [3.63, 3.8) is 0 Å². The SMILES string of the molecule is N#Cc1ccc(C(=O)N2C3CCC2CC(Cl)C3)cc1. The highest BCUT2D eigenvalue weighted by Gasteiger charge is 2.42. The lowest BCUT2D eigenvalue weighted by molar-refractivity contribution is 0.0599. The predicted molar refractivity (Wildman–Crippen MR) is 73.0 cm³/mol. The Hall–Kier alpha value is -1.53. The summed E-state index contributed by atoms with van der Waals surface area (Å²) in [6.07, 6.45) is 3.94. The smallest absolute Gasteiger partial charge is 0.254 e. The minimum atomic E-state index is 0.0838. The van der Waals surface area contributed by atoms with E-state index in [9.17, 15) is 4.79 Å². The van der Waals surface area contributed by atoms with Crippen LogP contribution in [-0.2, 0) is 0 Å². The van der Waals surface area contributed by atoms with E-state index < -0.39 is 0 Å². The van der Waals surface area contributed by atoms with E-state index in [1.807, 2.05) is 4.90 Å². The number of hydrogen-bond acceptors (Lipinski definition) is 2. The maximum atomic E-state index is 12.6. The summed E-state index contributed by atoms with van der Waals surface area (Å²) in [5, 5.41) is 8.99. The number of fused-ring (bicyclic) bond motifs is 2. The molecule has 1 aromatic carbocycles. The zero-order chi connectivity index (χ0) is 13.4. The van der Waals surface area contributed by atoms with Crippen LogP contribution in [0.3, 0.4) is 0 Å². The maximum absolute atomic E-state index is 12.6. The van der Waals surface area contributed by atoms with Gasteiger partial charge in [0.05, 0.1) is 11.6 Å². The molecule has 2 unspecified atom stereocenters. The molecule has 19 heavy (non-hydrogen) atoms. The lowest BCUT2D eigenvalue weighted by Crippen LogP contribution is -2.46. The number of rotatable bonds is 1. The van der Waals surface area contributed by atoms with Crippen molar-refractivity contribution in [1.82, 2.24) is 4.90 Å². The Labute approximate surface area is 117 Å². The normalized spacial score (nSPS) is 29.1. The molecule has 98 valence electrons. The van der Waals surface area contributed by atoms with Crippen molar-refractivity contribution in [3.8, 4) is 6.07 Å². The average Bonchev–Trinajstić information content (AvgIpc) is 2.70. The fourth-order valence-electron chi connectivity index (χ4n) is 3.28. The van der Waals surface area contributed by atoms with Crippen LogP contribution in [0.15, 0.2) is 24.3 Å². The van der Waals surface area contributed by atoms with Gasteiger partial charge in [-0.15, -0.1) is 11.6 Å². The molecule has 0 aliphatic carbocycles. The van der Waals surface area contributed by atoms with Crippen LogP contribution in [0.2, 0.25) is 0 Å². The number of halogens is 1. The maximum Gasteiger partial charge on any atom is 0.254 e. The third kappa shape index (κ3) is 2.21. The molecule has 3 nitrogen and oxygen atoms in total. The van der Waals surface area contributed by atoms with Gasteiger partial charge in [-0.1, -0.05) is 0 Å². The molecule has 0 spiro atoms. The molecule has 2 heterocycles. The van der Waals surface area contributed by atoms with E-state index in [4.69, 9.17) is 16.9 Å². The highest BCUT2D eigenvalue weighted by Crippen LogP contribution is 2.38. The van der Waals surface area contributed by atoms with Crippen LogP contribution in [0.1, 0.15) is 41.6 Å². The van der Waals surface area contributed by atoms with E-state index in [1.54, 1.807) is 24.3 Å². The van der Waals surface area contributed by atoms with Gasteiger partial charge in [0, 0.05) is 23.0 Å². The Morgan fingerprint density at radius 1 is 1.21 bits per heavy atom. The monoisotopic (exact) mass is 274 g/mol. The molecule has 0 radical (unpaired) electrons. The molecule has 2 saturated heterocycles. The average molecular weight is 275 g/mol. The van der Waals surface area contributed by atoms with Crippen LogP contribution in [0.5, 0.6) is 0 Å². The first-order chi connectivity index (χ1) is 9.19. The van der Waals surface area contributed by atoms with Gasteiger partial charge >= 0.3 is 0 Å². The highest BCUT2D eigenvalue weighted by atomic mass is 35.5. The van der Waals surface area contributed by atoms with Gasteiger partial charge in [-0.05, 0) is 49.9 Å². The molecular weight excluding hydrogens is 260 g/mol. The van der Waals surface area contributed by atoms with Crippen molar-refractivity contribution in [2.75, 3.05) is 0 Å². The Kier molecular flexibility index (Phi) is 3.20. The van der Waals surface area contributed by atoms with Crippen molar-refractivity contribution in [1.29, 1.82) is 5.26 Å². The van der Waals surface area contributed by atoms with Gasteiger partial charge in [-0.25, -0.2) is 0 Å². The van der Waals surface area contributed by atoms with E-state index in [-0.39, 0.29) is 11.3 Å². The number of nitriles is 1. The van der Waals surface area contributed by atoms with Crippen LogP contribution >= 0.6 is 11.6 Å². The lowest BCUT2D eigenvalue weighted by Gasteiger charge is -2.37. The van der Waals surface area contributed by atoms with Gasteiger partial charge in [0.15, 0.2) is 0 Å². The van der Waals surface area contributed by atoms with Crippen LogP contribution < -0.4 is 0 Å². The third-order valence-electron chi connectivity index (χ3n) is 4.17. The van der Waals surface area contributed by atoms with E-state index in [2.05, 4.69) is 6.07 Å². The largest absolute Gasteiger partial charge is 0.333 e. The number of benzene rings is 1. The Balaban J connectivity index is 1.82. The van der Waals surface area contributed by atoms with Crippen molar-refractivity contribution < 1.29 is 4.79 Å². The number of carbonyl (C=O) groups excluding carboxylic acids is 1. The number of amides is 1. The summed E-state index contributed by atoms with van der Waals surface area (Å²) in [5.41, 5.74) is 1.25. The summed E-state index contributed by atoms with van der Waals surface area (Å²) >= 11 is 6.23. The molecule has 2 fully saturated rings. The second-order valence-electron chi connectivity index (χ2n) is 5.36. The summed E-state index contributed by atoms with van der Waals surface area (Å²) < 4.78 is 0. The predicted octanol–water partition coefficient (Wildman–Crippen LogP) is 2.93. The Morgan fingerprint density at radius 2 is 1.79 bits per heavy atom. The van der Waals surface area contributed by atoms with Crippen molar-refractivity contribution >= 4 is 17.5 Å². The van der Waals surface area contributed by atoms with Crippen molar-refractivity contribution in [2.45, 2.75) is 43.1 Å². The summed E-state index contributed by atoms with van der Waals surface area (Å²) in [4.78, 5) is 14.6. The summed E-state index contributed by atoms with van der Waals surface area (Å²) in [6, 6.07) is 9.54. The fourth-order valence-corrected chi connectivity index (χ4v) is 3.69. The summed E-state index contributed by atoms with van der Waals surface area (Å²) in [5.74, 6) is 0.0838. The lowest BCUT2D eigenvalue weighted by atomic mass is 10.0. The summed E-state index contributed by atoms with van der Waals surface area (Å²) in [7, 11) is 0. The molecule has 1 amide bonds. The van der Waals surface area contributed by atoms with Crippen LogP contribution in [0.25, 0.3) is 0 Å². The minimum Gasteiger partial charge on any atom is -0.333 e. The number of alkyl halides is 1. The van der Waals surface area contributed by atoms with E-state index in [0.29, 0.717) is 23.2 Å². The van der Waals surface area contributed by atoms with Crippen LogP contribution in [0, 0.1) is 11.3 Å². The highest BCUT2D eigenvalue weighted by molar-refractivity contribution is 6.20. The quantitative estimate of drug-likeness (QED) is 0.739. The molecule has 1 aromatic rings. The third-order valence-corrected chi connectivity index (χ3v) is 4.53. The van der Waals surface area contributed by atoms with Gasteiger partial charge in [-0.3, -0.25) is 4.79 Å². The number of hydrogen-bond donors (Lipinski definition) is 0. The van der Waals surface area contributed by atoms with Crippen LogP contribution in [0.4, 0.5) is 0 Å². The molecule has 2 aliphatic heterocycles. The molecule has 4 heteroatoms. The van der Waals surface area contributed by atoms with Gasteiger partial charge in [-0.2, -0.15) is 5.26 Å². The molecule has 0 aromatic heterocycles. The van der Waals surface area contributed by atoms with E-state index in [1.165, 1.54) is 0 Å². The van der Waals surface area contributed by atoms with Crippen molar-refractivity contribution in [2.24, 2.45) is 0 Å². The zero-order valence-electron chi connectivity index (χ0n) is 10.6. The first-order valence-corrected chi connectivity index (χ1v) is 7.09. The molecule has 3 rings (SSSR count). The molecule has 2 atom stereocenters. The van der Waals surface area contributed by atoms with Gasteiger partial charge < -0.3 is 4.90 Å². The number of piperidine rings is 1. The molecular formula is C15H15ClN2O. The van der Waals surface area contributed by atoms with Gasteiger partial charge in [0.25, 0.3) is 5.91 Å². The molecule has 0 saturated carbocycles. The van der Waals surface area contributed by atoms with Crippen LogP contribution in [-0.4, -0.2) is 28.3 Å². The van der Waals surface area contributed by atoms with E-state index >= 15 is 0 Å². The summed E-state index contributed by atoms with van der Waals surface area (Å²) in [6.45, 7) is 0. The van der Waals surface area contributed by atoms with Gasteiger partial charge in [0.1, 0.15) is 0 Å². The minimum absolute atomic E-state index is 0.0838. The second-order valence-corrected chi connectivity index (χ2v) is 5.97. The second kappa shape index (κ2) is 4.86. The Morgan fingerprint density at radius 3 is 2.32 bits per heavy atom. The fraction of sp³-hybridized carbons (Fsp3) is 0.467. The van der Waals surface area contributed by atoms with E-state index in [0.717, 1.165) is 25.7 Å².